The van der Waals surface area contributed by atoms with Crippen LogP contribution in [0.3, 0.4) is 0 Å². The van der Waals surface area contributed by atoms with E-state index in [1.807, 2.05) is 37.4 Å². The van der Waals surface area contributed by atoms with Crippen molar-refractivity contribution in [2.45, 2.75) is 51.6 Å². The van der Waals surface area contributed by atoms with Crippen LogP contribution in [0.15, 0.2) is 90.3 Å². The molecule has 4 aromatic rings. The summed E-state index contributed by atoms with van der Waals surface area (Å²) in [6.45, 7) is 2.72. The number of anilines is 1. The zero-order valence-electron chi connectivity index (χ0n) is 23.5. The van der Waals surface area contributed by atoms with Crippen LogP contribution in [0.2, 0.25) is 0 Å². The molecule has 4 rings (SSSR count). The maximum absolute atomic E-state index is 13.1. The van der Waals surface area contributed by atoms with Gasteiger partial charge in [-0.2, -0.15) is 0 Å². The van der Waals surface area contributed by atoms with Gasteiger partial charge >= 0.3 is 5.97 Å². The highest BCUT2D eigenvalue weighted by Gasteiger charge is 2.21. The minimum Gasteiger partial charge on any atom is -0.480 e. The normalized spacial score (nSPS) is 11.6. The molecule has 0 spiro atoms. The van der Waals surface area contributed by atoms with Gasteiger partial charge in [0.25, 0.3) is 0 Å². The monoisotopic (exact) mass is 568 g/mol. The van der Waals surface area contributed by atoms with Gasteiger partial charge in [0.15, 0.2) is 5.78 Å². The fourth-order valence-electron chi connectivity index (χ4n) is 4.66. The third kappa shape index (κ3) is 8.14. The molecule has 7 heteroatoms. The molecule has 3 aromatic carbocycles. The Kier molecular flexibility index (Phi) is 10.5. The van der Waals surface area contributed by atoms with Gasteiger partial charge in [-0.15, -0.1) is 11.3 Å². The van der Waals surface area contributed by atoms with Crippen molar-refractivity contribution in [3.05, 3.63) is 112 Å². The molecule has 0 saturated heterocycles. The molecule has 1 heterocycles. The molecule has 41 heavy (non-hydrogen) atoms. The number of unbranched alkanes of at least 4 members (excludes halogenated alkanes) is 2. The number of amides is 1. The molecular weight excluding hydrogens is 532 g/mol. The fraction of sp³-hybridized carbons (Fsp3) is 0.265. The smallest absolute Gasteiger partial charge is 0.326 e. The zero-order valence-corrected chi connectivity index (χ0v) is 24.3. The number of carbonyl (C=O) groups is 3. The summed E-state index contributed by atoms with van der Waals surface area (Å²) < 4.78 is 0. The quantitative estimate of drug-likeness (QED) is 0.123. The molecular formula is C34H36N2O4S. The molecule has 0 aliphatic heterocycles. The molecule has 0 saturated carbocycles. The Balaban J connectivity index is 1.41. The number of hydrogen-bond donors (Lipinski definition) is 2. The van der Waals surface area contributed by atoms with Gasteiger partial charge in [-0.1, -0.05) is 86.5 Å². The lowest BCUT2D eigenvalue weighted by atomic mass is 9.99. The number of carboxylic acids is 1. The number of rotatable bonds is 14. The van der Waals surface area contributed by atoms with Gasteiger partial charge in [-0.25, -0.2) is 4.79 Å². The highest BCUT2D eigenvalue weighted by Crippen LogP contribution is 2.28. The number of hydrogen-bond acceptors (Lipinski definition) is 5. The van der Waals surface area contributed by atoms with E-state index in [0.717, 1.165) is 40.8 Å². The second-order valence-electron chi connectivity index (χ2n) is 10.2. The molecule has 0 aliphatic carbocycles. The lowest BCUT2D eigenvalue weighted by Gasteiger charge is -2.18. The van der Waals surface area contributed by atoms with Crippen molar-refractivity contribution in [3.8, 4) is 11.1 Å². The third-order valence-corrected chi connectivity index (χ3v) is 7.95. The molecule has 1 aromatic heterocycles. The summed E-state index contributed by atoms with van der Waals surface area (Å²) in [6.07, 6.45) is 3.94. The van der Waals surface area contributed by atoms with Crippen molar-refractivity contribution in [2.75, 3.05) is 12.4 Å². The van der Waals surface area contributed by atoms with Crippen molar-refractivity contribution in [1.82, 2.24) is 4.90 Å². The van der Waals surface area contributed by atoms with E-state index in [4.69, 9.17) is 0 Å². The second-order valence-corrected chi connectivity index (χ2v) is 11.2. The predicted octanol–water partition coefficient (Wildman–Crippen LogP) is 7.29. The molecule has 0 bridgehead atoms. The van der Waals surface area contributed by atoms with E-state index in [2.05, 4.69) is 23.7 Å². The van der Waals surface area contributed by atoms with Gasteiger partial charge in [-0.05, 0) is 46.7 Å². The SMILES string of the molecule is CCCCCC(=O)N(C)Cc1cc(-c2ccc(C[C@H](Nc3ccccc3C(=O)c3ccccc3)C(=O)O)cc2)cs1. The summed E-state index contributed by atoms with van der Waals surface area (Å²) in [5.41, 5.74) is 4.45. The topological polar surface area (TPSA) is 86.7 Å². The van der Waals surface area contributed by atoms with Crippen molar-refractivity contribution in [1.29, 1.82) is 0 Å². The number of carbonyl (C=O) groups excluding carboxylic acids is 2. The van der Waals surface area contributed by atoms with Crippen LogP contribution in [0, 0.1) is 0 Å². The van der Waals surface area contributed by atoms with Crippen molar-refractivity contribution < 1.29 is 19.5 Å². The Morgan fingerprint density at radius 2 is 1.61 bits per heavy atom. The number of nitrogens with one attached hydrogen (secondary N) is 1. The highest BCUT2D eigenvalue weighted by atomic mass is 32.1. The van der Waals surface area contributed by atoms with E-state index in [9.17, 15) is 19.5 Å². The number of benzene rings is 3. The first-order valence-electron chi connectivity index (χ1n) is 13.9. The third-order valence-electron chi connectivity index (χ3n) is 7.03. The van der Waals surface area contributed by atoms with Crippen LogP contribution in [-0.4, -0.2) is 40.8 Å². The van der Waals surface area contributed by atoms with Crippen LogP contribution in [0.25, 0.3) is 11.1 Å². The van der Waals surface area contributed by atoms with Gasteiger partial charge < -0.3 is 15.3 Å². The average Bonchev–Trinajstić information content (AvgIpc) is 3.46. The molecule has 6 nitrogen and oxygen atoms in total. The molecule has 1 amide bonds. The number of nitrogens with zero attached hydrogens (tertiary/aromatic N) is 1. The minimum absolute atomic E-state index is 0.163. The Bertz CT molecular complexity index is 1460. The van der Waals surface area contributed by atoms with E-state index in [0.29, 0.717) is 29.8 Å². The molecule has 2 N–H and O–H groups in total. The highest BCUT2D eigenvalue weighted by molar-refractivity contribution is 7.10. The Morgan fingerprint density at radius 3 is 2.32 bits per heavy atom. The van der Waals surface area contributed by atoms with Crippen LogP contribution in [0.4, 0.5) is 5.69 Å². The first kappa shape index (κ1) is 29.7. The molecule has 0 fully saturated rings. The molecule has 0 radical (unpaired) electrons. The molecule has 0 unspecified atom stereocenters. The maximum Gasteiger partial charge on any atom is 0.326 e. The fourth-order valence-corrected chi connectivity index (χ4v) is 5.61. The predicted molar refractivity (Wildman–Crippen MR) is 165 cm³/mol. The molecule has 1 atom stereocenters. The average molecular weight is 569 g/mol. The molecule has 212 valence electrons. The number of thiophene rings is 1. The van der Waals surface area contributed by atoms with Crippen molar-refractivity contribution in [3.63, 3.8) is 0 Å². The van der Waals surface area contributed by atoms with Crippen LogP contribution in [0.1, 0.15) is 59.0 Å². The van der Waals surface area contributed by atoms with Crippen LogP contribution in [-0.2, 0) is 22.6 Å². The summed E-state index contributed by atoms with van der Waals surface area (Å²) in [5, 5.41) is 15.1. The summed E-state index contributed by atoms with van der Waals surface area (Å²) in [7, 11) is 1.85. The van der Waals surface area contributed by atoms with E-state index in [-0.39, 0.29) is 18.1 Å². The van der Waals surface area contributed by atoms with E-state index in [1.165, 1.54) is 0 Å². The van der Waals surface area contributed by atoms with Crippen LogP contribution < -0.4 is 5.32 Å². The first-order valence-corrected chi connectivity index (χ1v) is 14.8. The number of aliphatic carboxylic acids is 1. The van der Waals surface area contributed by atoms with Crippen molar-refractivity contribution in [2.24, 2.45) is 0 Å². The van der Waals surface area contributed by atoms with Crippen LogP contribution in [0.5, 0.6) is 0 Å². The lowest BCUT2D eigenvalue weighted by molar-refractivity contribution is -0.138. The van der Waals surface area contributed by atoms with Gasteiger partial charge in [0.2, 0.25) is 5.91 Å². The minimum atomic E-state index is -0.994. The number of ketones is 1. The Labute approximate surface area is 245 Å². The van der Waals surface area contributed by atoms with E-state index >= 15 is 0 Å². The molecule has 0 aliphatic rings. The largest absolute Gasteiger partial charge is 0.480 e. The van der Waals surface area contributed by atoms with Gasteiger partial charge in [0.1, 0.15) is 6.04 Å². The Morgan fingerprint density at radius 1 is 0.902 bits per heavy atom. The summed E-state index contributed by atoms with van der Waals surface area (Å²) >= 11 is 1.63. The lowest BCUT2D eigenvalue weighted by Crippen LogP contribution is -2.32. The van der Waals surface area contributed by atoms with Gasteiger partial charge in [0.05, 0.1) is 6.54 Å². The van der Waals surface area contributed by atoms with Crippen molar-refractivity contribution >= 4 is 34.7 Å². The number of carboxylic acid groups (broad SMARTS) is 1. The van der Waals surface area contributed by atoms with E-state index < -0.39 is 12.0 Å². The Hall–Kier alpha value is -4.23. The summed E-state index contributed by atoms with van der Waals surface area (Å²) in [6, 6.07) is 25.0. The first-order chi connectivity index (χ1) is 19.9. The van der Waals surface area contributed by atoms with Gasteiger partial charge in [-0.3, -0.25) is 9.59 Å². The van der Waals surface area contributed by atoms with Crippen LogP contribution >= 0.6 is 11.3 Å². The van der Waals surface area contributed by atoms with E-state index in [1.54, 1.807) is 64.8 Å². The summed E-state index contributed by atoms with van der Waals surface area (Å²) in [4.78, 5) is 40.6. The standard InChI is InChI=1S/C34H36N2O4S/c1-3-4-6-15-32(37)36(2)22-28-21-27(23-41-28)25-18-16-24(17-19-25)20-31(34(39)40)35-30-14-10-9-13-29(30)33(38)26-11-7-5-8-12-26/h5,7-14,16-19,21,23,31,35H,3-4,6,15,20,22H2,1-2H3,(H,39,40)/t31-/m0/s1. The van der Waals surface area contributed by atoms with Gasteiger partial charge in [0, 0.05) is 41.6 Å². The number of para-hydroxylation sites is 1. The summed E-state index contributed by atoms with van der Waals surface area (Å²) in [5.74, 6) is -0.984. The zero-order chi connectivity index (χ0) is 29.2. The maximum atomic E-state index is 13.1. The second kappa shape index (κ2) is 14.4.